The highest BCUT2D eigenvalue weighted by Crippen LogP contribution is 2.25. The lowest BCUT2D eigenvalue weighted by molar-refractivity contribution is 0.176. The first-order valence-electron chi connectivity index (χ1n) is 6.13. The third-order valence-corrected chi connectivity index (χ3v) is 2.80. The lowest BCUT2D eigenvalue weighted by Crippen LogP contribution is -2.34. The molecule has 0 aliphatic rings. The van der Waals surface area contributed by atoms with Gasteiger partial charge in [0.25, 0.3) is 0 Å². The summed E-state index contributed by atoms with van der Waals surface area (Å²) in [6.07, 6.45) is 1.15. The summed E-state index contributed by atoms with van der Waals surface area (Å²) in [6, 6.07) is 7.59. The van der Waals surface area contributed by atoms with Crippen LogP contribution in [0.2, 0.25) is 5.02 Å². The third kappa shape index (κ3) is 5.42. The van der Waals surface area contributed by atoms with E-state index in [0.29, 0.717) is 11.6 Å². The van der Waals surface area contributed by atoms with Crippen molar-refractivity contribution in [1.82, 2.24) is 5.32 Å². The standard InChI is InChI=1S/C14H22ClNO/c1-4-9-16-10-14(2,3)11-17-13-8-6-5-7-12(13)15/h5-8,16H,4,9-11H2,1-3H3. The Morgan fingerprint density at radius 2 is 2.00 bits per heavy atom. The molecule has 0 heterocycles. The van der Waals surface area contributed by atoms with Crippen molar-refractivity contribution in [3.05, 3.63) is 29.3 Å². The van der Waals surface area contributed by atoms with Gasteiger partial charge in [0.05, 0.1) is 11.6 Å². The topological polar surface area (TPSA) is 21.3 Å². The number of hydrogen-bond acceptors (Lipinski definition) is 2. The van der Waals surface area contributed by atoms with Crippen molar-refractivity contribution >= 4 is 11.6 Å². The van der Waals surface area contributed by atoms with E-state index in [9.17, 15) is 0 Å². The second-order valence-corrected chi connectivity index (χ2v) is 5.47. The van der Waals surface area contributed by atoms with E-state index in [0.717, 1.165) is 25.3 Å². The van der Waals surface area contributed by atoms with Crippen LogP contribution in [-0.2, 0) is 0 Å². The molecular weight excluding hydrogens is 234 g/mol. The van der Waals surface area contributed by atoms with Crippen LogP contribution in [0, 0.1) is 5.41 Å². The van der Waals surface area contributed by atoms with Gasteiger partial charge >= 0.3 is 0 Å². The summed E-state index contributed by atoms with van der Waals surface area (Å²) in [5.41, 5.74) is 0.105. The highest BCUT2D eigenvalue weighted by molar-refractivity contribution is 6.32. The number of hydrogen-bond donors (Lipinski definition) is 1. The van der Waals surface area contributed by atoms with Crippen molar-refractivity contribution in [3.8, 4) is 5.75 Å². The molecule has 0 unspecified atom stereocenters. The van der Waals surface area contributed by atoms with Gasteiger partial charge in [-0.1, -0.05) is 44.5 Å². The Morgan fingerprint density at radius 3 is 2.65 bits per heavy atom. The molecule has 3 heteroatoms. The molecule has 0 saturated heterocycles. The number of para-hydroxylation sites is 1. The molecule has 0 radical (unpaired) electrons. The first-order valence-corrected chi connectivity index (χ1v) is 6.51. The summed E-state index contributed by atoms with van der Waals surface area (Å²) in [4.78, 5) is 0. The Morgan fingerprint density at radius 1 is 1.29 bits per heavy atom. The maximum absolute atomic E-state index is 6.04. The van der Waals surface area contributed by atoms with Crippen molar-refractivity contribution in [2.75, 3.05) is 19.7 Å². The zero-order chi connectivity index (χ0) is 12.7. The van der Waals surface area contributed by atoms with Gasteiger partial charge < -0.3 is 10.1 Å². The fourth-order valence-electron chi connectivity index (χ4n) is 1.49. The van der Waals surface area contributed by atoms with E-state index in [4.69, 9.17) is 16.3 Å². The Hall–Kier alpha value is -0.730. The summed E-state index contributed by atoms with van der Waals surface area (Å²) >= 11 is 6.04. The molecular formula is C14H22ClNO. The van der Waals surface area contributed by atoms with Crippen LogP contribution in [0.3, 0.4) is 0 Å². The maximum atomic E-state index is 6.04. The molecule has 0 spiro atoms. The van der Waals surface area contributed by atoms with Gasteiger partial charge in [-0.15, -0.1) is 0 Å². The fourth-order valence-corrected chi connectivity index (χ4v) is 1.68. The van der Waals surface area contributed by atoms with Gasteiger partial charge in [-0.3, -0.25) is 0 Å². The van der Waals surface area contributed by atoms with Crippen molar-refractivity contribution in [2.24, 2.45) is 5.41 Å². The van der Waals surface area contributed by atoms with Gasteiger partial charge in [0.2, 0.25) is 0 Å². The van der Waals surface area contributed by atoms with E-state index in [2.05, 4.69) is 26.1 Å². The van der Waals surface area contributed by atoms with Gasteiger partial charge in [0, 0.05) is 12.0 Å². The molecule has 2 nitrogen and oxygen atoms in total. The molecule has 0 atom stereocenters. The van der Waals surface area contributed by atoms with Crippen molar-refractivity contribution in [1.29, 1.82) is 0 Å². The van der Waals surface area contributed by atoms with Crippen LogP contribution in [0.1, 0.15) is 27.2 Å². The molecule has 0 bridgehead atoms. The average molecular weight is 256 g/mol. The molecule has 17 heavy (non-hydrogen) atoms. The van der Waals surface area contributed by atoms with Crippen LogP contribution in [-0.4, -0.2) is 19.7 Å². The smallest absolute Gasteiger partial charge is 0.137 e. The van der Waals surface area contributed by atoms with Crippen molar-refractivity contribution in [3.63, 3.8) is 0 Å². The number of benzene rings is 1. The van der Waals surface area contributed by atoms with Crippen LogP contribution < -0.4 is 10.1 Å². The zero-order valence-corrected chi connectivity index (χ0v) is 11.7. The molecule has 0 fully saturated rings. The molecule has 96 valence electrons. The van der Waals surface area contributed by atoms with E-state index in [1.54, 1.807) is 0 Å². The second kappa shape index (κ2) is 6.87. The summed E-state index contributed by atoms with van der Waals surface area (Å²) in [5, 5.41) is 4.08. The minimum Gasteiger partial charge on any atom is -0.491 e. The Kier molecular flexibility index (Phi) is 5.79. The minimum atomic E-state index is 0.105. The number of nitrogens with one attached hydrogen (secondary N) is 1. The fraction of sp³-hybridized carbons (Fsp3) is 0.571. The molecule has 1 aromatic carbocycles. The van der Waals surface area contributed by atoms with E-state index in [-0.39, 0.29) is 5.41 Å². The van der Waals surface area contributed by atoms with Crippen LogP contribution in [0.25, 0.3) is 0 Å². The zero-order valence-electron chi connectivity index (χ0n) is 10.9. The Labute approximate surface area is 109 Å². The molecule has 1 rings (SSSR count). The molecule has 1 N–H and O–H groups in total. The molecule has 0 saturated carbocycles. The van der Waals surface area contributed by atoms with E-state index >= 15 is 0 Å². The Bertz CT molecular complexity index is 339. The summed E-state index contributed by atoms with van der Waals surface area (Å²) in [5.74, 6) is 0.762. The largest absolute Gasteiger partial charge is 0.491 e. The molecule has 0 aromatic heterocycles. The summed E-state index contributed by atoms with van der Waals surface area (Å²) < 4.78 is 5.76. The molecule has 1 aromatic rings. The van der Waals surface area contributed by atoms with Crippen LogP contribution in [0.4, 0.5) is 0 Å². The molecule has 0 aliphatic carbocycles. The SMILES string of the molecule is CCCNCC(C)(C)COc1ccccc1Cl. The van der Waals surface area contributed by atoms with Crippen LogP contribution in [0.5, 0.6) is 5.75 Å². The average Bonchev–Trinajstić information content (AvgIpc) is 2.28. The normalized spacial score (nSPS) is 11.5. The monoisotopic (exact) mass is 255 g/mol. The maximum Gasteiger partial charge on any atom is 0.137 e. The number of halogens is 1. The first kappa shape index (κ1) is 14.3. The predicted octanol–water partition coefficient (Wildman–Crippen LogP) is 3.74. The predicted molar refractivity (Wildman–Crippen MR) is 73.9 cm³/mol. The van der Waals surface area contributed by atoms with E-state index in [1.807, 2.05) is 24.3 Å². The van der Waals surface area contributed by atoms with Crippen molar-refractivity contribution in [2.45, 2.75) is 27.2 Å². The van der Waals surface area contributed by atoms with Crippen LogP contribution in [0.15, 0.2) is 24.3 Å². The van der Waals surface area contributed by atoms with Crippen molar-refractivity contribution < 1.29 is 4.74 Å². The molecule has 0 aliphatic heterocycles. The van der Waals surface area contributed by atoms with Gasteiger partial charge in [-0.05, 0) is 25.1 Å². The summed E-state index contributed by atoms with van der Waals surface area (Å²) in [6.45, 7) is 9.20. The molecule has 0 amide bonds. The Balaban J connectivity index is 2.41. The first-order chi connectivity index (χ1) is 8.05. The number of ether oxygens (including phenoxy) is 1. The van der Waals surface area contributed by atoms with Crippen LogP contribution >= 0.6 is 11.6 Å². The highest BCUT2D eigenvalue weighted by atomic mass is 35.5. The lowest BCUT2D eigenvalue weighted by atomic mass is 9.95. The number of rotatable bonds is 7. The second-order valence-electron chi connectivity index (χ2n) is 5.06. The van der Waals surface area contributed by atoms with Gasteiger partial charge in [-0.2, -0.15) is 0 Å². The quantitative estimate of drug-likeness (QED) is 0.750. The van der Waals surface area contributed by atoms with E-state index < -0.39 is 0 Å². The summed E-state index contributed by atoms with van der Waals surface area (Å²) in [7, 11) is 0. The highest BCUT2D eigenvalue weighted by Gasteiger charge is 2.18. The van der Waals surface area contributed by atoms with E-state index in [1.165, 1.54) is 0 Å². The lowest BCUT2D eigenvalue weighted by Gasteiger charge is -2.25. The minimum absolute atomic E-state index is 0.105. The van der Waals surface area contributed by atoms with Gasteiger partial charge in [-0.25, -0.2) is 0 Å². The van der Waals surface area contributed by atoms with Gasteiger partial charge in [0.1, 0.15) is 5.75 Å². The third-order valence-electron chi connectivity index (χ3n) is 2.49. The van der Waals surface area contributed by atoms with Gasteiger partial charge in [0.15, 0.2) is 0 Å².